The molecule has 2 aromatic rings. The minimum Gasteiger partial charge on any atom is -0.369 e. The summed E-state index contributed by atoms with van der Waals surface area (Å²) in [7, 11) is 2.10. The van der Waals surface area contributed by atoms with E-state index in [1.165, 1.54) is 42.2 Å². The Morgan fingerprint density at radius 2 is 1.88 bits per heavy atom. The fourth-order valence-electron chi connectivity index (χ4n) is 4.29. The van der Waals surface area contributed by atoms with Crippen molar-refractivity contribution in [3.05, 3.63) is 41.5 Å². The first-order valence-electron chi connectivity index (χ1n) is 9.70. The highest BCUT2D eigenvalue weighted by molar-refractivity contribution is 5.53. The van der Waals surface area contributed by atoms with E-state index in [1.807, 2.05) is 0 Å². The van der Waals surface area contributed by atoms with Gasteiger partial charge < -0.3 is 4.90 Å². The van der Waals surface area contributed by atoms with Crippen LogP contribution in [0.2, 0.25) is 0 Å². The lowest BCUT2D eigenvalue weighted by molar-refractivity contribution is -0.717. The second kappa shape index (κ2) is 7.16. The van der Waals surface area contributed by atoms with Gasteiger partial charge in [-0.2, -0.15) is 0 Å². The maximum atomic E-state index is 4.79. The molecule has 0 N–H and O–H groups in total. The van der Waals surface area contributed by atoms with Gasteiger partial charge in [-0.1, -0.05) is 18.2 Å². The van der Waals surface area contributed by atoms with Crippen molar-refractivity contribution >= 4 is 5.69 Å². The quantitative estimate of drug-likeness (QED) is 0.794. The van der Waals surface area contributed by atoms with Crippen molar-refractivity contribution in [1.82, 2.24) is 14.7 Å². The molecule has 5 nitrogen and oxygen atoms in total. The number of aryl methyl sites for hydroxylation is 2. The number of nitrogens with zero attached hydrogens (tertiary/aromatic N) is 5. The average molecular weight is 340 g/mol. The van der Waals surface area contributed by atoms with Gasteiger partial charge >= 0.3 is 0 Å². The molecule has 2 aliphatic heterocycles. The van der Waals surface area contributed by atoms with Crippen LogP contribution < -0.4 is 9.47 Å². The van der Waals surface area contributed by atoms with E-state index in [4.69, 9.17) is 5.10 Å². The van der Waals surface area contributed by atoms with Crippen LogP contribution in [0.5, 0.6) is 0 Å². The molecule has 1 saturated heterocycles. The molecule has 0 atom stereocenters. The van der Waals surface area contributed by atoms with E-state index in [0.717, 1.165) is 45.7 Å². The largest absolute Gasteiger partial charge is 0.369 e. The number of anilines is 1. The number of para-hydroxylation sites is 1. The summed E-state index contributed by atoms with van der Waals surface area (Å²) in [6.07, 6.45) is 4.85. The number of aromatic nitrogens is 3. The molecular formula is C20H30N5+. The molecule has 4 rings (SSSR count). The fourth-order valence-corrected chi connectivity index (χ4v) is 4.29. The van der Waals surface area contributed by atoms with E-state index in [9.17, 15) is 0 Å². The number of hydrogen-bond acceptors (Lipinski definition) is 3. The molecule has 0 saturated carbocycles. The highest BCUT2D eigenvalue weighted by Crippen LogP contribution is 2.20. The van der Waals surface area contributed by atoms with Crippen molar-refractivity contribution < 1.29 is 4.57 Å². The van der Waals surface area contributed by atoms with Gasteiger partial charge in [-0.15, -0.1) is 4.68 Å². The van der Waals surface area contributed by atoms with Crippen LogP contribution in [0, 0.1) is 6.92 Å². The van der Waals surface area contributed by atoms with Gasteiger partial charge in [-0.05, 0) is 31.4 Å². The number of benzene rings is 1. The molecule has 0 bridgehead atoms. The summed E-state index contributed by atoms with van der Waals surface area (Å²) in [6.45, 7) is 9.03. The summed E-state index contributed by atoms with van der Waals surface area (Å²) in [5, 5.41) is 4.79. The fraction of sp³-hybridized carbons (Fsp3) is 0.600. The van der Waals surface area contributed by atoms with Crippen LogP contribution in [-0.4, -0.2) is 47.4 Å². The van der Waals surface area contributed by atoms with Crippen LogP contribution in [0.3, 0.4) is 0 Å². The van der Waals surface area contributed by atoms with Gasteiger partial charge in [-0.3, -0.25) is 4.90 Å². The Labute approximate surface area is 150 Å². The Morgan fingerprint density at radius 1 is 1.08 bits per heavy atom. The molecule has 2 aliphatic rings. The average Bonchev–Trinajstić information content (AvgIpc) is 2.97. The first kappa shape index (κ1) is 16.6. The third-order valence-electron chi connectivity index (χ3n) is 5.77. The Balaban J connectivity index is 1.33. The van der Waals surface area contributed by atoms with E-state index in [2.05, 4.69) is 57.3 Å². The summed E-state index contributed by atoms with van der Waals surface area (Å²) >= 11 is 0. The zero-order valence-electron chi connectivity index (χ0n) is 15.6. The van der Waals surface area contributed by atoms with E-state index in [1.54, 1.807) is 0 Å². The maximum absolute atomic E-state index is 4.79. The summed E-state index contributed by atoms with van der Waals surface area (Å²) < 4.78 is 4.57. The predicted octanol–water partition coefficient (Wildman–Crippen LogP) is 1.72. The zero-order chi connectivity index (χ0) is 17.2. The lowest BCUT2D eigenvalue weighted by Crippen LogP contribution is -2.48. The molecule has 134 valence electrons. The van der Waals surface area contributed by atoms with Gasteiger partial charge in [0, 0.05) is 49.9 Å². The maximum Gasteiger partial charge on any atom is 0.278 e. The lowest BCUT2D eigenvalue weighted by atomic mass is 10.1. The minimum atomic E-state index is 1.07. The Bertz CT molecular complexity index is 728. The number of hydrogen-bond donors (Lipinski definition) is 0. The van der Waals surface area contributed by atoms with Crippen molar-refractivity contribution in [3.63, 3.8) is 0 Å². The first-order chi connectivity index (χ1) is 12.2. The van der Waals surface area contributed by atoms with Crippen molar-refractivity contribution in [2.24, 2.45) is 7.05 Å². The molecule has 1 fully saturated rings. The molecule has 0 spiro atoms. The van der Waals surface area contributed by atoms with Gasteiger partial charge in [0.05, 0.1) is 20.0 Å². The van der Waals surface area contributed by atoms with Gasteiger partial charge in [0.1, 0.15) is 0 Å². The lowest BCUT2D eigenvalue weighted by Gasteiger charge is -2.36. The number of piperazine rings is 1. The molecule has 0 aliphatic carbocycles. The van der Waals surface area contributed by atoms with Crippen LogP contribution in [0.4, 0.5) is 5.69 Å². The van der Waals surface area contributed by atoms with Crippen LogP contribution >= 0.6 is 0 Å². The van der Waals surface area contributed by atoms with Gasteiger partial charge in [0.15, 0.2) is 0 Å². The van der Waals surface area contributed by atoms with Crippen LogP contribution in [0.25, 0.3) is 0 Å². The standard InChI is InChI=1S/C20H30N5/c1-17-7-3-4-8-18(17)24-15-13-23(14-16-24)12-10-19-21-22(2)20-9-5-6-11-25(19)20/h3-4,7-8H,5-6,9-16H2,1-2H3/q+1. The monoisotopic (exact) mass is 340 g/mol. The Kier molecular flexibility index (Phi) is 4.75. The van der Waals surface area contributed by atoms with Crippen molar-refractivity contribution in [2.75, 3.05) is 37.6 Å². The first-order valence-corrected chi connectivity index (χ1v) is 9.70. The van der Waals surface area contributed by atoms with Gasteiger partial charge in [0.25, 0.3) is 5.82 Å². The van der Waals surface area contributed by atoms with Gasteiger partial charge in [-0.25, -0.2) is 4.57 Å². The molecule has 0 radical (unpaired) electrons. The SMILES string of the molecule is Cc1ccccc1N1CCN(CCc2nn(C)c3[n+]2CCCC3)CC1. The van der Waals surface area contributed by atoms with E-state index in [0.29, 0.717) is 0 Å². The molecule has 5 heteroatoms. The molecule has 3 heterocycles. The predicted molar refractivity (Wildman–Crippen MR) is 99.9 cm³/mol. The second-order valence-corrected chi connectivity index (χ2v) is 7.43. The highest BCUT2D eigenvalue weighted by atomic mass is 15.4. The minimum absolute atomic E-state index is 1.07. The smallest absolute Gasteiger partial charge is 0.278 e. The summed E-state index contributed by atoms with van der Waals surface area (Å²) in [5.41, 5.74) is 2.78. The molecule has 25 heavy (non-hydrogen) atoms. The van der Waals surface area contributed by atoms with Gasteiger partial charge in [0.2, 0.25) is 5.82 Å². The van der Waals surface area contributed by atoms with E-state index < -0.39 is 0 Å². The summed E-state index contributed by atoms with van der Waals surface area (Å²) in [4.78, 5) is 5.13. The normalized spacial score (nSPS) is 18.4. The molecule has 1 aromatic carbocycles. The van der Waals surface area contributed by atoms with Crippen molar-refractivity contribution in [3.8, 4) is 0 Å². The molecule has 1 aromatic heterocycles. The van der Waals surface area contributed by atoms with E-state index in [-0.39, 0.29) is 0 Å². The topological polar surface area (TPSA) is 28.2 Å². The molecular weight excluding hydrogens is 310 g/mol. The summed E-state index contributed by atoms with van der Waals surface area (Å²) in [6, 6.07) is 8.74. The Hall–Kier alpha value is -1.88. The molecule has 0 unspecified atom stereocenters. The van der Waals surface area contributed by atoms with Crippen LogP contribution in [-0.2, 0) is 26.4 Å². The third kappa shape index (κ3) is 3.43. The summed E-state index contributed by atoms with van der Waals surface area (Å²) in [5.74, 6) is 2.68. The highest BCUT2D eigenvalue weighted by Gasteiger charge is 2.26. The van der Waals surface area contributed by atoms with Crippen molar-refractivity contribution in [1.29, 1.82) is 0 Å². The van der Waals surface area contributed by atoms with Crippen molar-refractivity contribution in [2.45, 2.75) is 39.2 Å². The van der Waals surface area contributed by atoms with Crippen LogP contribution in [0.15, 0.2) is 24.3 Å². The van der Waals surface area contributed by atoms with Crippen LogP contribution in [0.1, 0.15) is 30.1 Å². The second-order valence-electron chi connectivity index (χ2n) is 7.43. The van der Waals surface area contributed by atoms with E-state index >= 15 is 0 Å². The molecule has 0 amide bonds. The Morgan fingerprint density at radius 3 is 2.68 bits per heavy atom. The number of rotatable bonds is 4. The third-order valence-corrected chi connectivity index (χ3v) is 5.77. The number of fused-ring (bicyclic) bond motifs is 1. The zero-order valence-corrected chi connectivity index (χ0v) is 15.6.